The Balaban J connectivity index is 1.01. The van der Waals surface area contributed by atoms with E-state index in [1.807, 2.05) is 6.07 Å². The first-order chi connectivity index (χ1) is 20.5. The molecular formula is C37H55NO4. The fourth-order valence-electron chi connectivity index (χ4n) is 8.92. The molecule has 3 aliphatic carbocycles. The van der Waals surface area contributed by atoms with Crippen LogP contribution in [0.1, 0.15) is 140 Å². The normalized spacial score (nSPS) is 29.3. The van der Waals surface area contributed by atoms with Crippen LogP contribution in [0.4, 0.5) is 0 Å². The summed E-state index contributed by atoms with van der Waals surface area (Å²) in [5.41, 5.74) is 2.13. The van der Waals surface area contributed by atoms with Gasteiger partial charge in [-0.3, -0.25) is 9.69 Å². The van der Waals surface area contributed by atoms with Gasteiger partial charge in [-0.2, -0.15) is 0 Å². The minimum absolute atomic E-state index is 0.119. The number of aliphatic hydroxyl groups is 1. The summed E-state index contributed by atoms with van der Waals surface area (Å²) in [4.78, 5) is 15.5. The Kier molecular flexibility index (Phi) is 9.36. The zero-order chi connectivity index (χ0) is 29.2. The Morgan fingerprint density at radius 3 is 2.33 bits per heavy atom. The van der Waals surface area contributed by atoms with Crippen molar-refractivity contribution in [3.05, 3.63) is 35.4 Å². The predicted molar refractivity (Wildman–Crippen MR) is 168 cm³/mol. The number of esters is 1. The number of hydrogen-bond acceptors (Lipinski definition) is 5. The molecule has 2 heterocycles. The van der Waals surface area contributed by atoms with Gasteiger partial charge in [0.25, 0.3) is 0 Å². The molecule has 5 nitrogen and oxygen atoms in total. The summed E-state index contributed by atoms with van der Waals surface area (Å²) in [6.07, 6.45) is 22.8. The smallest absolute Gasteiger partial charge is 0.311 e. The highest BCUT2D eigenvalue weighted by Gasteiger charge is 2.72. The molecule has 5 heteroatoms. The molecule has 5 aliphatic rings. The van der Waals surface area contributed by atoms with Crippen LogP contribution in [-0.2, 0) is 16.6 Å². The van der Waals surface area contributed by atoms with Crippen LogP contribution in [-0.4, -0.2) is 46.8 Å². The average Bonchev–Trinajstić information content (AvgIpc) is 3.72. The molecule has 3 fully saturated rings. The van der Waals surface area contributed by atoms with Crippen molar-refractivity contribution in [2.45, 2.75) is 159 Å². The molecule has 1 aromatic carbocycles. The van der Waals surface area contributed by atoms with E-state index < -0.39 is 11.0 Å². The number of carbonyl (C=O) groups is 1. The Bertz CT molecular complexity index is 1130. The zero-order valence-corrected chi connectivity index (χ0v) is 26.3. The van der Waals surface area contributed by atoms with Crippen molar-refractivity contribution in [3.8, 4) is 11.5 Å². The first-order valence-electron chi connectivity index (χ1n) is 17.7. The Labute approximate surface area is 254 Å². The molecule has 2 saturated carbocycles. The van der Waals surface area contributed by atoms with Crippen molar-refractivity contribution in [3.63, 3.8) is 0 Å². The van der Waals surface area contributed by atoms with Crippen LogP contribution >= 0.6 is 0 Å². The van der Waals surface area contributed by atoms with Gasteiger partial charge in [-0.15, -0.1) is 0 Å². The molecule has 0 aromatic heterocycles. The van der Waals surface area contributed by atoms with Crippen LogP contribution in [0.25, 0.3) is 0 Å². The quantitative estimate of drug-likeness (QED) is 0.0875. The van der Waals surface area contributed by atoms with Crippen molar-refractivity contribution >= 4 is 5.97 Å². The molecule has 0 radical (unpaired) electrons. The molecule has 4 atom stereocenters. The summed E-state index contributed by atoms with van der Waals surface area (Å²) in [7, 11) is 0. The van der Waals surface area contributed by atoms with Crippen LogP contribution in [0.3, 0.4) is 0 Å². The minimum atomic E-state index is -0.832. The van der Waals surface area contributed by atoms with E-state index in [1.165, 1.54) is 89.0 Å². The van der Waals surface area contributed by atoms with E-state index in [0.717, 1.165) is 68.7 Å². The molecule has 1 spiro atoms. The second kappa shape index (κ2) is 13.0. The molecule has 1 saturated heterocycles. The second-order valence-electron chi connectivity index (χ2n) is 14.4. The summed E-state index contributed by atoms with van der Waals surface area (Å²) in [5, 5.41) is 12.5. The van der Waals surface area contributed by atoms with E-state index in [0.29, 0.717) is 17.9 Å². The topological polar surface area (TPSA) is 59.0 Å². The van der Waals surface area contributed by atoms with Gasteiger partial charge in [-0.25, -0.2) is 0 Å². The summed E-state index contributed by atoms with van der Waals surface area (Å²) < 4.78 is 12.7. The number of ether oxygens (including phenoxy) is 2. The molecule has 2 aliphatic heterocycles. The van der Waals surface area contributed by atoms with Crippen LogP contribution < -0.4 is 9.47 Å². The molecule has 1 aromatic rings. The summed E-state index contributed by atoms with van der Waals surface area (Å²) >= 11 is 0. The van der Waals surface area contributed by atoms with Gasteiger partial charge < -0.3 is 14.6 Å². The molecule has 6 rings (SSSR count). The van der Waals surface area contributed by atoms with Gasteiger partial charge in [0.1, 0.15) is 6.10 Å². The van der Waals surface area contributed by atoms with E-state index in [-0.39, 0.29) is 18.1 Å². The van der Waals surface area contributed by atoms with Gasteiger partial charge in [0.2, 0.25) is 0 Å². The van der Waals surface area contributed by atoms with Crippen LogP contribution in [0.5, 0.6) is 11.5 Å². The lowest BCUT2D eigenvalue weighted by Gasteiger charge is -2.63. The maximum absolute atomic E-state index is 12.9. The fourth-order valence-corrected chi connectivity index (χ4v) is 8.92. The largest absolute Gasteiger partial charge is 0.481 e. The number of hydrogen-bond donors (Lipinski definition) is 1. The van der Waals surface area contributed by atoms with E-state index in [1.54, 1.807) is 0 Å². The van der Waals surface area contributed by atoms with Crippen molar-refractivity contribution in [2.75, 3.05) is 13.1 Å². The Morgan fingerprint density at radius 1 is 1.00 bits per heavy atom. The standard InChI is InChI=1S/C37H55NO4/c1-3-4-5-6-7-8-9-10-11-12-13-14-15-16-32(39)41-30-20-19-29-25-31-37(40)22-21-27(2)35-36(37,33(29)34(30)42-35)23-24-38(31)26-28-17-18-28/h19-20,28,31,35,40H,2-18,21-26H2,1H3/t31?,35-,36-,37+/m0/s1. The third-order valence-corrected chi connectivity index (χ3v) is 11.4. The van der Waals surface area contributed by atoms with Crippen molar-refractivity contribution in [1.82, 2.24) is 4.90 Å². The lowest BCUT2D eigenvalue weighted by Crippen LogP contribution is -2.75. The third-order valence-electron chi connectivity index (χ3n) is 11.4. The summed E-state index contributed by atoms with van der Waals surface area (Å²) in [6.45, 7) is 8.77. The molecule has 1 unspecified atom stereocenters. The third kappa shape index (κ3) is 5.70. The molecule has 232 valence electrons. The van der Waals surface area contributed by atoms with Gasteiger partial charge in [-0.05, 0) is 74.6 Å². The monoisotopic (exact) mass is 577 g/mol. The second-order valence-corrected chi connectivity index (χ2v) is 14.4. The number of carbonyl (C=O) groups excluding carboxylic acids is 1. The number of benzene rings is 1. The molecule has 2 bridgehead atoms. The van der Waals surface area contributed by atoms with Crippen molar-refractivity contribution in [1.29, 1.82) is 0 Å². The molecule has 0 amide bonds. The van der Waals surface area contributed by atoms with Crippen molar-refractivity contribution < 1.29 is 19.4 Å². The van der Waals surface area contributed by atoms with Gasteiger partial charge >= 0.3 is 5.97 Å². The van der Waals surface area contributed by atoms with E-state index in [2.05, 4.69) is 24.5 Å². The highest BCUT2D eigenvalue weighted by Crippen LogP contribution is 2.66. The van der Waals surface area contributed by atoms with E-state index in [4.69, 9.17) is 9.47 Å². The maximum atomic E-state index is 12.9. The highest BCUT2D eigenvalue weighted by molar-refractivity contribution is 5.75. The first-order valence-corrected chi connectivity index (χ1v) is 17.7. The number of piperidine rings is 1. The average molecular weight is 578 g/mol. The number of nitrogens with zero attached hydrogens (tertiary/aromatic N) is 1. The summed E-state index contributed by atoms with van der Waals surface area (Å²) in [5.74, 6) is 1.86. The summed E-state index contributed by atoms with van der Waals surface area (Å²) in [6, 6.07) is 4.20. The molecule has 42 heavy (non-hydrogen) atoms. The van der Waals surface area contributed by atoms with E-state index in [9.17, 15) is 9.90 Å². The maximum Gasteiger partial charge on any atom is 0.311 e. The predicted octanol–water partition coefficient (Wildman–Crippen LogP) is 8.19. The number of rotatable bonds is 17. The first kappa shape index (κ1) is 30.2. The minimum Gasteiger partial charge on any atom is -0.481 e. The molecule has 1 N–H and O–H groups in total. The Hall–Kier alpha value is -1.85. The van der Waals surface area contributed by atoms with Gasteiger partial charge in [0, 0.05) is 24.6 Å². The van der Waals surface area contributed by atoms with Crippen molar-refractivity contribution in [2.24, 2.45) is 5.92 Å². The number of unbranched alkanes of at least 4 members (excludes halogenated alkanes) is 12. The lowest BCUT2D eigenvalue weighted by atomic mass is 9.48. The van der Waals surface area contributed by atoms with Crippen LogP contribution in [0.2, 0.25) is 0 Å². The van der Waals surface area contributed by atoms with Crippen LogP contribution in [0.15, 0.2) is 24.3 Å². The fraction of sp³-hybridized carbons (Fsp3) is 0.757. The Morgan fingerprint density at radius 2 is 1.67 bits per heavy atom. The number of likely N-dealkylation sites (tertiary alicyclic amines) is 1. The van der Waals surface area contributed by atoms with Crippen LogP contribution in [0, 0.1) is 5.92 Å². The molecular weight excluding hydrogens is 522 g/mol. The van der Waals surface area contributed by atoms with Gasteiger partial charge in [-0.1, -0.05) is 96.6 Å². The van der Waals surface area contributed by atoms with Gasteiger partial charge in [0.05, 0.1) is 11.0 Å². The van der Waals surface area contributed by atoms with E-state index >= 15 is 0 Å². The SMILES string of the molecule is C=C1CC[C@@]2(O)C3Cc4ccc(OC(=O)CCCCCCCCCCCCCCC)c5c4[C@@]2(CCN3CC2CC2)[C@H]1O5. The van der Waals surface area contributed by atoms with Gasteiger partial charge in [0.15, 0.2) is 11.5 Å². The zero-order valence-electron chi connectivity index (χ0n) is 26.3. The highest BCUT2D eigenvalue weighted by atomic mass is 16.6. The lowest BCUT2D eigenvalue weighted by molar-refractivity contribution is -0.174.